The Hall–Kier alpha value is -1.46. The van der Waals surface area contributed by atoms with Crippen molar-refractivity contribution in [3.63, 3.8) is 0 Å². The van der Waals surface area contributed by atoms with Gasteiger partial charge in [0, 0.05) is 12.1 Å². The number of nitrogens with one attached hydrogen (secondary N) is 1. The lowest BCUT2D eigenvalue weighted by atomic mass is 10.1. The molecule has 17 heavy (non-hydrogen) atoms. The average Bonchev–Trinajstić information content (AvgIpc) is 2.25. The van der Waals surface area contributed by atoms with E-state index >= 15 is 0 Å². The van der Waals surface area contributed by atoms with Crippen LogP contribution in [0.5, 0.6) is 0 Å². The molecule has 0 saturated heterocycles. The van der Waals surface area contributed by atoms with Gasteiger partial charge >= 0.3 is 0 Å². The third kappa shape index (κ3) is 4.50. The minimum Gasteiger partial charge on any atom is -0.296 e. The Morgan fingerprint density at radius 2 is 1.82 bits per heavy atom. The number of benzene rings is 1. The van der Waals surface area contributed by atoms with E-state index in [1.54, 1.807) is 12.1 Å². The van der Waals surface area contributed by atoms with Crippen molar-refractivity contribution in [2.45, 2.75) is 39.3 Å². The number of hydrogen-bond donors (Lipinski definition) is 1. The monoisotopic (exact) mass is 238 g/mol. The van der Waals surface area contributed by atoms with Crippen LogP contribution in [0.3, 0.4) is 0 Å². The zero-order chi connectivity index (χ0) is 13.1. The molecule has 0 aromatic heterocycles. The number of nitro benzene ring substituents is 1. The average molecular weight is 238 g/mol. The summed E-state index contributed by atoms with van der Waals surface area (Å²) in [7, 11) is 0. The van der Waals surface area contributed by atoms with E-state index in [0.717, 1.165) is 5.56 Å². The molecule has 0 aliphatic heterocycles. The second-order valence-electron chi connectivity index (χ2n) is 4.90. The summed E-state index contributed by atoms with van der Waals surface area (Å²) in [4.78, 5) is 15.5. The van der Waals surface area contributed by atoms with Gasteiger partial charge in [0.25, 0.3) is 5.69 Å². The van der Waals surface area contributed by atoms with Gasteiger partial charge in [-0.15, -0.1) is 0 Å². The smallest absolute Gasteiger partial charge is 0.269 e. The second kappa shape index (κ2) is 5.25. The second-order valence-corrected chi connectivity index (χ2v) is 4.90. The van der Waals surface area contributed by atoms with Crippen LogP contribution in [0.1, 0.15) is 39.3 Å². The zero-order valence-electron chi connectivity index (χ0n) is 10.6. The van der Waals surface area contributed by atoms with E-state index in [9.17, 15) is 10.1 Å². The fourth-order valence-electron chi connectivity index (χ4n) is 1.22. The molecule has 0 aliphatic carbocycles. The summed E-state index contributed by atoms with van der Waals surface area (Å²) >= 11 is 0. The fraction of sp³-hybridized carbons (Fsp3) is 0.500. The highest BCUT2D eigenvalue weighted by molar-refractivity contribution is 5.33. The molecular weight excluding hydrogens is 220 g/mol. The maximum atomic E-state index is 10.5. The van der Waals surface area contributed by atoms with Gasteiger partial charge in [-0.1, -0.05) is 12.1 Å². The molecule has 5 heteroatoms. The van der Waals surface area contributed by atoms with Crippen molar-refractivity contribution in [3.05, 3.63) is 39.9 Å². The van der Waals surface area contributed by atoms with Crippen LogP contribution in [0, 0.1) is 10.1 Å². The largest absolute Gasteiger partial charge is 0.296 e. The van der Waals surface area contributed by atoms with Gasteiger partial charge < -0.3 is 0 Å². The summed E-state index contributed by atoms with van der Waals surface area (Å²) < 4.78 is 0. The van der Waals surface area contributed by atoms with Crippen LogP contribution >= 0.6 is 0 Å². The lowest BCUT2D eigenvalue weighted by Gasteiger charge is -2.23. The third-order valence-electron chi connectivity index (χ3n) is 2.15. The van der Waals surface area contributed by atoms with Crippen LogP contribution in [0.4, 0.5) is 5.69 Å². The van der Waals surface area contributed by atoms with Crippen LogP contribution < -0.4 is 5.48 Å². The van der Waals surface area contributed by atoms with Crippen molar-refractivity contribution in [1.29, 1.82) is 0 Å². The van der Waals surface area contributed by atoms with Crippen LogP contribution in [0.15, 0.2) is 24.3 Å². The molecule has 1 aromatic carbocycles. The minimum atomic E-state index is -0.409. The normalized spacial score (nSPS) is 13.4. The van der Waals surface area contributed by atoms with E-state index < -0.39 is 4.92 Å². The molecule has 1 aromatic rings. The summed E-state index contributed by atoms with van der Waals surface area (Å²) in [6, 6.07) is 6.41. The van der Waals surface area contributed by atoms with E-state index in [4.69, 9.17) is 4.84 Å². The van der Waals surface area contributed by atoms with Crippen molar-refractivity contribution in [2.75, 3.05) is 0 Å². The maximum absolute atomic E-state index is 10.5. The minimum absolute atomic E-state index is 0.0185. The first-order chi connectivity index (χ1) is 7.79. The Balaban J connectivity index is 2.63. The standard InChI is InChI=1S/C12H18N2O3/c1-9(13-17-12(2,3)4)10-5-7-11(8-6-10)14(15)16/h5-9,13H,1-4H3. The van der Waals surface area contributed by atoms with Crippen molar-refractivity contribution in [1.82, 2.24) is 5.48 Å². The van der Waals surface area contributed by atoms with Gasteiger partial charge in [0.1, 0.15) is 0 Å². The predicted octanol–water partition coefficient (Wildman–Crippen LogP) is 2.98. The molecule has 94 valence electrons. The van der Waals surface area contributed by atoms with Gasteiger partial charge in [-0.25, -0.2) is 0 Å². The van der Waals surface area contributed by atoms with E-state index in [-0.39, 0.29) is 17.3 Å². The number of rotatable bonds is 4. The number of nitrogens with zero attached hydrogens (tertiary/aromatic N) is 1. The van der Waals surface area contributed by atoms with Crippen LogP contribution in [-0.4, -0.2) is 10.5 Å². The van der Waals surface area contributed by atoms with Gasteiger partial charge in [0.2, 0.25) is 0 Å². The first-order valence-electron chi connectivity index (χ1n) is 5.47. The maximum Gasteiger partial charge on any atom is 0.269 e. The van der Waals surface area contributed by atoms with E-state index in [1.807, 2.05) is 27.7 Å². The van der Waals surface area contributed by atoms with Gasteiger partial charge in [0.05, 0.1) is 16.6 Å². The number of nitro groups is 1. The van der Waals surface area contributed by atoms with Gasteiger partial charge in [-0.3, -0.25) is 15.0 Å². The SMILES string of the molecule is CC(NOC(C)(C)C)c1ccc([N+](=O)[O-])cc1. The summed E-state index contributed by atoms with van der Waals surface area (Å²) in [6.45, 7) is 7.78. The number of hydroxylamine groups is 1. The van der Waals surface area contributed by atoms with Crippen LogP contribution in [0.2, 0.25) is 0 Å². The quantitative estimate of drug-likeness (QED) is 0.647. The highest BCUT2D eigenvalue weighted by atomic mass is 16.7. The van der Waals surface area contributed by atoms with Gasteiger partial charge in [-0.05, 0) is 33.3 Å². The molecule has 1 atom stereocenters. The molecule has 0 fully saturated rings. The van der Waals surface area contributed by atoms with Crippen molar-refractivity contribution in [3.8, 4) is 0 Å². The molecule has 0 bridgehead atoms. The number of hydrogen-bond acceptors (Lipinski definition) is 4. The molecule has 0 aliphatic rings. The van der Waals surface area contributed by atoms with Gasteiger partial charge in [0.15, 0.2) is 0 Å². The Kier molecular flexibility index (Phi) is 4.20. The Bertz CT molecular complexity index is 382. The molecule has 1 unspecified atom stereocenters. The number of non-ortho nitro benzene ring substituents is 1. The Labute approximate surface area is 101 Å². The Morgan fingerprint density at radius 3 is 2.24 bits per heavy atom. The molecule has 0 spiro atoms. The van der Waals surface area contributed by atoms with E-state index in [1.165, 1.54) is 12.1 Å². The van der Waals surface area contributed by atoms with Crippen LogP contribution in [0.25, 0.3) is 0 Å². The lowest BCUT2D eigenvalue weighted by Crippen LogP contribution is -2.30. The summed E-state index contributed by atoms with van der Waals surface area (Å²) in [6.07, 6.45) is 0. The molecule has 1 rings (SSSR count). The molecular formula is C12H18N2O3. The summed E-state index contributed by atoms with van der Waals surface area (Å²) in [5.74, 6) is 0. The third-order valence-corrected chi connectivity index (χ3v) is 2.15. The topological polar surface area (TPSA) is 64.4 Å². The molecule has 0 saturated carbocycles. The summed E-state index contributed by atoms with van der Waals surface area (Å²) in [5, 5.41) is 10.5. The van der Waals surface area contributed by atoms with Crippen LogP contribution in [-0.2, 0) is 4.84 Å². The van der Waals surface area contributed by atoms with Gasteiger partial charge in [-0.2, -0.15) is 5.48 Å². The summed E-state index contributed by atoms with van der Waals surface area (Å²) in [5.41, 5.74) is 3.69. The Morgan fingerprint density at radius 1 is 1.29 bits per heavy atom. The molecule has 0 radical (unpaired) electrons. The fourth-order valence-corrected chi connectivity index (χ4v) is 1.22. The first-order valence-corrected chi connectivity index (χ1v) is 5.47. The molecule has 1 N–H and O–H groups in total. The molecule has 0 amide bonds. The van der Waals surface area contributed by atoms with E-state index in [2.05, 4.69) is 5.48 Å². The lowest BCUT2D eigenvalue weighted by molar-refractivity contribution is -0.384. The predicted molar refractivity (Wildman–Crippen MR) is 65.5 cm³/mol. The van der Waals surface area contributed by atoms with Crippen molar-refractivity contribution in [2.24, 2.45) is 0 Å². The highest BCUT2D eigenvalue weighted by Gasteiger charge is 2.14. The molecule has 0 heterocycles. The first kappa shape index (κ1) is 13.6. The van der Waals surface area contributed by atoms with Crippen molar-refractivity contribution < 1.29 is 9.76 Å². The zero-order valence-corrected chi connectivity index (χ0v) is 10.6. The molecule has 5 nitrogen and oxygen atoms in total. The van der Waals surface area contributed by atoms with Crippen molar-refractivity contribution >= 4 is 5.69 Å². The highest BCUT2D eigenvalue weighted by Crippen LogP contribution is 2.18. The van der Waals surface area contributed by atoms with E-state index in [0.29, 0.717) is 0 Å².